The molecule has 29 heavy (non-hydrogen) atoms. The van der Waals surface area contributed by atoms with Crippen LogP contribution in [-0.4, -0.2) is 40.5 Å². The van der Waals surface area contributed by atoms with Crippen molar-refractivity contribution in [2.45, 2.75) is 37.3 Å². The normalized spacial score (nSPS) is 21.9. The van der Waals surface area contributed by atoms with E-state index in [9.17, 15) is 14.4 Å². The van der Waals surface area contributed by atoms with Gasteiger partial charge in [0.05, 0.1) is 6.04 Å². The first kappa shape index (κ1) is 19.5. The van der Waals surface area contributed by atoms with E-state index >= 15 is 0 Å². The van der Waals surface area contributed by atoms with Crippen LogP contribution in [0.25, 0.3) is 0 Å². The molecule has 2 N–H and O–H groups in total. The Morgan fingerprint density at radius 1 is 1.03 bits per heavy atom. The van der Waals surface area contributed by atoms with Gasteiger partial charge in [-0.25, -0.2) is 0 Å². The zero-order valence-electron chi connectivity index (χ0n) is 16.3. The summed E-state index contributed by atoms with van der Waals surface area (Å²) >= 11 is 1.58. The maximum atomic E-state index is 12.9. The van der Waals surface area contributed by atoms with Gasteiger partial charge >= 0.3 is 0 Å². The Labute approximate surface area is 174 Å². The van der Waals surface area contributed by atoms with Gasteiger partial charge < -0.3 is 15.5 Å². The van der Waals surface area contributed by atoms with E-state index in [2.05, 4.69) is 10.6 Å². The molecule has 3 amide bonds. The van der Waals surface area contributed by atoms with E-state index < -0.39 is 12.1 Å². The summed E-state index contributed by atoms with van der Waals surface area (Å²) in [6, 6.07) is 15.7. The maximum Gasteiger partial charge on any atom is 0.256 e. The van der Waals surface area contributed by atoms with Gasteiger partial charge in [0.1, 0.15) is 17.5 Å². The van der Waals surface area contributed by atoms with Gasteiger partial charge in [0.2, 0.25) is 11.8 Å². The topological polar surface area (TPSA) is 78.5 Å². The molecule has 0 radical (unpaired) electrons. The van der Waals surface area contributed by atoms with Crippen molar-refractivity contribution in [1.29, 1.82) is 0 Å². The summed E-state index contributed by atoms with van der Waals surface area (Å²) in [4.78, 5) is 39.8. The number of carbonyl (C=O) groups excluding carboxylic acids is 3. The van der Waals surface area contributed by atoms with Gasteiger partial charge in [0, 0.05) is 11.3 Å². The number of nitrogens with zero attached hydrogens (tertiary/aromatic N) is 1. The second-order valence-electron chi connectivity index (χ2n) is 7.37. The van der Waals surface area contributed by atoms with E-state index in [0.717, 1.165) is 11.1 Å². The fourth-order valence-corrected chi connectivity index (χ4v) is 5.25. The van der Waals surface area contributed by atoms with Crippen LogP contribution in [0.4, 0.5) is 0 Å². The van der Waals surface area contributed by atoms with Crippen LogP contribution in [0, 0.1) is 0 Å². The van der Waals surface area contributed by atoms with Crippen LogP contribution in [0.15, 0.2) is 54.6 Å². The van der Waals surface area contributed by atoms with Crippen LogP contribution in [0.2, 0.25) is 0 Å². The van der Waals surface area contributed by atoms with Crippen molar-refractivity contribution in [3.63, 3.8) is 0 Å². The molecule has 2 heterocycles. The molecule has 0 saturated carbocycles. The number of hydrogen-bond donors (Lipinski definition) is 2. The molecule has 2 aliphatic heterocycles. The Bertz CT molecular complexity index is 949. The molecule has 7 heteroatoms. The molecule has 0 aliphatic carbocycles. The number of carbonyl (C=O) groups is 3. The van der Waals surface area contributed by atoms with Crippen molar-refractivity contribution >= 4 is 29.5 Å². The molecule has 2 aromatic rings. The fourth-order valence-electron chi connectivity index (χ4n) is 3.78. The van der Waals surface area contributed by atoms with Crippen molar-refractivity contribution in [2.75, 3.05) is 5.75 Å². The predicted octanol–water partition coefficient (Wildman–Crippen LogP) is 2.64. The highest BCUT2D eigenvalue weighted by atomic mass is 32.2. The maximum absolute atomic E-state index is 12.9. The third-order valence-electron chi connectivity index (χ3n) is 5.41. The highest BCUT2D eigenvalue weighted by Crippen LogP contribution is 2.48. The Morgan fingerprint density at radius 3 is 2.48 bits per heavy atom. The Kier molecular flexibility index (Phi) is 5.32. The molecule has 2 aliphatic rings. The van der Waals surface area contributed by atoms with E-state index in [-0.39, 0.29) is 29.1 Å². The molecular formula is C22H23N3O3S. The fraction of sp³-hybridized carbons (Fsp3) is 0.318. The molecule has 0 unspecified atom stereocenters. The van der Waals surface area contributed by atoms with E-state index in [1.165, 1.54) is 0 Å². The molecule has 4 rings (SSSR count). The minimum Gasteiger partial charge on any atom is -0.348 e. The average molecular weight is 410 g/mol. The van der Waals surface area contributed by atoms with E-state index in [4.69, 9.17) is 0 Å². The zero-order valence-corrected chi connectivity index (χ0v) is 17.1. The van der Waals surface area contributed by atoms with Gasteiger partial charge in [0.15, 0.2) is 0 Å². The van der Waals surface area contributed by atoms with Crippen molar-refractivity contribution in [3.05, 3.63) is 71.3 Å². The van der Waals surface area contributed by atoms with Crippen molar-refractivity contribution in [1.82, 2.24) is 15.5 Å². The van der Waals surface area contributed by atoms with Crippen molar-refractivity contribution in [3.8, 4) is 0 Å². The molecule has 6 nitrogen and oxygen atoms in total. The summed E-state index contributed by atoms with van der Waals surface area (Å²) in [5.41, 5.74) is 2.61. The number of thioether (sulfide) groups is 1. The Morgan fingerprint density at radius 2 is 1.72 bits per heavy atom. The van der Waals surface area contributed by atoms with Gasteiger partial charge in [-0.2, -0.15) is 0 Å². The Hall–Kier alpha value is -2.80. The zero-order chi connectivity index (χ0) is 20.5. The smallest absolute Gasteiger partial charge is 0.256 e. The second kappa shape index (κ2) is 7.91. The van der Waals surface area contributed by atoms with Gasteiger partial charge in [-0.05, 0) is 31.0 Å². The monoisotopic (exact) mass is 409 g/mol. The predicted molar refractivity (Wildman–Crippen MR) is 112 cm³/mol. The summed E-state index contributed by atoms with van der Waals surface area (Å²) < 4.78 is 0. The van der Waals surface area contributed by atoms with Crippen LogP contribution in [-0.2, 0) is 9.59 Å². The number of fused-ring (bicyclic) bond motifs is 3. The second-order valence-corrected chi connectivity index (χ2v) is 8.49. The van der Waals surface area contributed by atoms with Crippen LogP contribution >= 0.6 is 11.8 Å². The lowest BCUT2D eigenvalue weighted by molar-refractivity contribution is -0.130. The van der Waals surface area contributed by atoms with Gasteiger partial charge in [-0.1, -0.05) is 48.5 Å². The molecular weight excluding hydrogens is 386 g/mol. The van der Waals surface area contributed by atoms with Crippen molar-refractivity contribution < 1.29 is 14.4 Å². The van der Waals surface area contributed by atoms with Crippen LogP contribution in [0.5, 0.6) is 0 Å². The van der Waals surface area contributed by atoms with Gasteiger partial charge in [0.25, 0.3) is 5.91 Å². The van der Waals surface area contributed by atoms with Crippen LogP contribution < -0.4 is 10.6 Å². The van der Waals surface area contributed by atoms with Crippen LogP contribution in [0.3, 0.4) is 0 Å². The van der Waals surface area contributed by atoms with Gasteiger partial charge in [-0.3, -0.25) is 14.4 Å². The number of amides is 3. The SMILES string of the molecule is C[C@H](NC(=O)[C@@H]1CS[C@@H]2c3ccccc3C(=O)N21)C(=O)N[C@@H](C)c1ccccc1. The lowest BCUT2D eigenvalue weighted by Gasteiger charge is -2.25. The third kappa shape index (κ3) is 3.62. The molecule has 1 saturated heterocycles. The largest absolute Gasteiger partial charge is 0.348 e. The highest BCUT2D eigenvalue weighted by molar-refractivity contribution is 7.99. The lowest BCUT2D eigenvalue weighted by atomic mass is 10.1. The molecule has 0 aromatic heterocycles. The molecule has 0 bridgehead atoms. The average Bonchev–Trinajstić information content (AvgIpc) is 3.29. The number of hydrogen-bond acceptors (Lipinski definition) is 4. The van der Waals surface area contributed by atoms with Gasteiger partial charge in [-0.15, -0.1) is 11.8 Å². The lowest BCUT2D eigenvalue weighted by Crippen LogP contribution is -2.52. The summed E-state index contributed by atoms with van der Waals surface area (Å²) in [5, 5.41) is 5.57. The minimum atomic E-state index is -0.696. The molecule has 0 spiro atoms. The molecule has 2 aromatic carbocycles. The standard InChI is InChI=1S/C22H23N3O3S/c1-13(15-8-4-3-5-9-15)23-19(26)14(2)24-20(27)18-12-29-22-17-11-7-6-10-16(17)21(28)25(18)22/h3-11,13-14,18,22H,12H2,1-2H3,(H,23,26)(H,24,27)/t13-,14-,18-,22+/m0/s1. The molecule has 1 fully saturated rings. The number of rotatable bonds is 5. The van der Waals surface area contributed by atoms with Crippen molar-refractivity contribution in [2.24, 2.45) is 0 Å². The van der Waals surface area contributed by atoms with Crippen LogP contribution in [0.1, 0.15) is 46.7 Å². The minimum absolute atomic E-state index is 0.120. The highest BCUT2D eigenvalue weighted by Gasteiger charge is 2.48. The summed E-state index contributed by atoms with van der Waals surface area (Å²) in [5.74, 6) is -0.152. The molecule has 4 atom stereocenters. The summed E-state index contributed by atoms with van der Waals surface area (Å²) in [7, 11) is 0. The third-order valence-corrected chi connectivity index (χ3v) is 6.71. The first-order valence-corrected chi connectivity index (χ1v) is 10.7. The summed E-state index contributed by atoms with van der Waals surface area (Å²) in [6.45, 7) is 3.56. The molecule has 150 valence electrons. The van der Waals surface area contributed by atoms with E-state index in [1.54, 1.807) is 29.7 Å². The number of nitrogens with one attached hydrogen (secondary N) is 2. The first-order chi connectivity index (χ1) is 14.0. The number of benzene rings is 2. The van der Waals surface area contributed by atoms with E-state index in [0.29, 0.717) is 11.3 Å². The summed E-state index contributed by atoms with van der Waals surface area (Å²) in [6.07, 6.45) is 0. The Balaban J connectivity index is 1.38. The first-order valence-electron chi connectivity index (χ1n) is 9.66. The quantitative estimate of drug-likeness (QED) is 0.796. The van der Waals surface area contributed by atoms with E-state index in [1.807, 2.05) is 55.5 Å².